The van der Waals surface area contributed by atoms with Gasteiger partial charge >= 0.3 is 11.9 Å². The topological polar surface area (TPSA) is 481 Å². The molecule has 34 nitrogen and oxygen atoms in total. The van der Waals surface area contributed by atoms with Crippen molar-refractivity contribution in [1.29, 1.82) is 0 Å². The number of fused-ring (bicyclic) bond motifs is 4. The number of H-pyrrole nitrogens is 2. The van der Waals surface area contributed by atoms with Crippen molar-refractivity contribution in [3.63, 3.8) is 0 Å². The Balaban J connectivity index is 0.881. The van der Waals surface area contributed by atoms with Gasteiger partial charge in [-0.05, 0) is 143 Å². The van der Waals surface area contributed by atoms with E-state index in [1.165, 1.54) is 14.2 Å². The molecular formula is C86H132N18O16. The van der Waals surface area contributed by atoms with Crippen LogP contribution in [0.1, 0.15) is 207 Å². The summed E-state index contributed by atoms with van der Waals surface area (Å²) in [6.07, 6.45) is -2.63. The summed E-state index contributed by atoms with van der Waals surface area (Å²) in [6, 6.07) is 18.3. The lowest BCUT2D eigenvalue weighted by Crippen LogP contribution is -2.59. The molecule has 0 radical (unpaired) electrons. The fourth-order valence-corrected chi connectivity index (χ4v) is 15.6. The van der Waals surface area contributed by atoms with Crippen molar-refractivity contribution < 1.29 is 78.5 Å². The number of anilines is 2. The molecule has 4 aromatic carbocycles. The molecule has 19 N–H and O–H groups in total. The molecule has 0 saturated heterocycles. The summed E-state index contributed by atoms with van der Waals surface area (Å²) in [5.74, 6) is -2.88. The predicted octanol–water partition coefficient (Wildman–Crippen LogP) is 4.73. The number of ether oxygens (including phenoxy) is 2. The first-order valence-electron chi connectivity index (χ1n) is 42.7. The molecule has 15 atom stereocenters. The molecule has 662 valence electrons. The first-order chi connectivity index (χ1) is 57.6. The van der Waals surface area contributed by atoms with Gasteiger partial charge in [-0.3, -0.25) is 69.4 Å². The van der Waals surface area contributed by atoms with E-state index in [0.29, 0.717) is 116 Å². The quantitative estimate of drug-likeness (QED) is 0.0139. The van der Waals surface area contributed by atoms with E-state index in [4.69, 9.17) is 15.2 Å². The number of aliphatic hydroxyl groups is 6. The molecule has 0 fully saturated rings. The Morgan fingerprint density at radius 3 is 1.44 bits per heavy atom. The highest BCUT2D eigenvalue weighted by Crippen LogP contribution is 2.31. The Labute approximate surface area is 703 Å². The van der Waals surface area contributed by atoms with Gasteiger partial charge in [0.1, 0.15) is 54.8 Å². The van der Waals surface area contributed by atoms with Crippen LogP contribution in [0.4, 0.5) is 11.4 Å². The number of ketones is 1. The number of carbonyl (C=O) groups excluding carboxylic acids is 8. The highest BCUT2D eigenvalue weighted by molar-refractivity contribution is 5.96. The normalized spacial score (nSPS) is 18.4. The van der Waals surface area contributed by atoms with Crippen molar-refractivity contribution in [2.24, 2.45) is 11.7 Å². The van der Waals surface area contributed by atoms with E-state index < -0.39 is 121 Å². The Hall–Kier alpha value is -9.14. The smallest absolute Gasteiger partial charge is 0.307 e. The van der Waals surface area contributed by atoms with Crippen LogP contribution in [0.25, 0.3) is 22.1 Å². The monoisotopic (exact) mass is 1670 g/mol. The summed E-state index contributed by atoms with van der Waals surface area (Å²) in [5.41, 5.74) is 13.0. The standard InChI is InChI=1S/C86H132N18O16/c1-11-23-52(45-71(105)57(87)24-12-2)77(109)97-68(82(114)100-67(28-16-6)81(113)99-65(26-14-4)79(111)89-40-22-42-104-49-56-44-54(34-36-59(56)91-70(86(104)118)47-76(108)120-10)84(116)102(8)51-73-94-62-31-19-20-32-63(62)95-73)37-38-74(106)96-66(27-15-5)80(112)98-64(25-13-3)78(110)88-39-21-41-103-48-55-43-53(33-35-58(55)90-69(85(103)117)46-75(107)119-9)83(115)101(7)50-72-92-60-29-17-18-30-61(60)93-72/h17-20,29-36,43-44,52,57,64-70,74,77-78,81,85-86,88,90-91,96-97,99,106,109-110,113,117-118H,11-16,21-28,37-42,45-51,87H2,1-10H3,(H,89,111)(H,92,93)(H,94,95)(H,98,112)(H,100,114)/t52-,57?,64+,65?,66?,67+,68?,69+,70+,74+,77+,78+,81+,85+,86-/m1/s1. The number of aromatic nitrogens is 4. The predicted molar refractivity (Wildman–Crippen MR) is 456 cm³/mol. The number of hydrogen-bond acceptors (Lipinski definition) is 27. The number of esters is 2. The Kier molecular flexibility index (Phi) is 38.9. The van der Waals surface area contributed by atoms with E-state index in [1.807, 2.05) is 90.1 Å². The highest BCUT2D eigenvalue weighted by Gasteiger charge is 2.38. The van der Waals surface area contributed by atoms with E-state index in [1.54, 1.807) is 70.1 Å². The van der Waals surface area contributed by atoms with Crippen molar-refractivity contribution in [3.05, 3.63) is 119 Å². The number of hydrogen-bond donors (Lipinski definition) is 18. The molecule has 5 amide bonds. The number of nitrogens with zero attached hydrogens (tertiary/aromatic N) is 6. The molecule has 34 heteroatoms. The zero-order valence-electron chi connectivity index (χ0n) is 71.4. The fraction of sp³-hybridized carbons (Fsp3) is 0.605. The van der Waals surface area contributed by atoms with Gasteiger partial charge in [0.25, 0.3) is 11.8 Å². The van der Waals surface area contributed by atoms with Crippen molar-refractivity contribution >= 4 is 80.7 Å². The lowest BCUT2D eigenvalue weighted by Gasteiger charge is -2.32. The molecule has 0 aliphatic carbocycles. The molecule has 0 spiro atoms. The van der Waals surface area contributed by atoms with Gasteiger partial charge in [0.05, 0.1) is 111 Å². The third-order valence-electron chi connectivity index (χ3n) is 22.2. The van der Waals surface area contributed by atoms with Crippen molar-refractivity contribution in [2.75, 3.05) is 65.1 Å². The Morgan fingerprint density at radius 1 is 0.533 bits per heavy atom. The van der Waals surface area contributed by atoms with Gasteiger partial charge in [-0.1, -0.05) is 104 Å². The van der Waals surface area contributed by atoms with E-state index >= 15 is 0 Å². The molecule has 0 bridgehead atoms. The number of methoxy groups -OCH3 is 2. The molecular weight excluding hydrogens is 1540 g/mol. The van der Waals surface area contributed by atoms with Crippen molar-refractivity contribution in [3.8, 4) is 0 Å². The lowest BCUT2D eigenvalue weighted by atomic mass is 9.91. The molecule has 0 saturated carbocycles. The maximum absolute atomic E-state index is 14.9. The van der Waals surface area contributed by atoms with E-state index in [0.717, 1.165) is 22.1 Å². The average Bonchev–Trinajstić information content (AvgIpc) is 1.66. The van der Waals surface area contributed by atoms with Crippen LogP contribution in [0.2, 0.25) is 0 Å². The number of nitrogens with one attached hydrogen (secondary N) is 11. The molecule has 8 rings (SSSR count). The van der Waals surface area contributed by atoms with Gasteiger partial charge < -0.3 is 92.2 Å². The summed E-state index contributed by atoms with van der Waals surface area (Å²) >= 11 is 0. The minimum Gasteiger partial charge on any atom is -0.469 e. The Morgan fingerprint density at radius 2 is 0.975 bits per heavy atom. The third-order valence-corrected chi connectivity index (χ3v) is 22.2. The summed E-state index contributed by atoms with van der Waals surface area (Å²) in [4.78, 5) is 133. The third kappa shape index (κ3) is 28.2. The van der Waals surface area contributed by atoms with Crippen LogP contribution in [0.3, 0.4) is 0 Å². The maximum atomic E-state index is 14.9. The van der Waals surface area contributed by atoms with Crippen LogP contribution in [0.15, 0.2) is 84.9 Å². The number of amides is 5. The fourth-order valence-electron chi connectivity index (χ4n) is 15.6. The molecule has 4 heterocycles. The first kappa shape index (κ1) is 96.3. The van der Waals surface area contributed by atoms with Gasteiger partial charge in [-0.25, -0.2) is 9.97 Å². The average molecular weight is 1670 g/mol. The lowest BCUT2D eigenvalue weighted by molar-refractivity contribution is -0.143. The van der Waals surface area contributed by atoms with Crippen molar-refractivity contribution in [2.45, 2.75) is 275 Å². The van der Waals surface area contributed by atoms with Gasteiger partial charge in [-0.2, -0.15) is 0 Å². The number of benzene rings is 4. The molecule has 4 unspecified atom stereocenters. The number of para-hydroxylation sites is 4. The van der Waals surface area contributed by atoms with E-state index in [-0.39, 0.29) is 121 Å². The number of aromatic amines is 2. The number of rotatable bonds is 51. The first-order valence-corrected chi connectivity index (χ1v) is 42.7. The van der Waals surface area contributed by atoms with Gasteiger partial charge in [0.15, 0.2) is 0 Å². The van der Waals surface area contributed by atoms with E-state index in [2.05, 4.69) is 67.8 Å². The summed E-state index contributed by atoms with van der Waals surface area (Å²) < 4.78 is 9.99. The number of aliphatic hydroxyl groups excluding tert-OH is 6. The zero-order valence-corrected chi connectivity index (χ0v) is 71.4. The summed E-state index contributed by atoms with van der Waals surface area (Å²) in [7, 11) is 5.91. The highest BCUT2D eigenvalue weighted by atomic mass is 16.5. The maximum Gasteiger partial charge on any atom is 0.307 e. The van der Waals surface area contributed by atoms with Crippen LogP contribution in [0.5, 0.6) is 0 Å². The number of nitrogens with two attached hydrogens (primary N) is 1. The Bertz CT molecular complexity index is 4200. The number of imidazole rings is 2. The van der Waals surface area contributed by atoms with Crippen LogP contribution in [-0.4, -0.2) is 258 Å². The van der Waals surface area contributed by atoms with E-state index in [9.17, 15) is 69.0 Å². The van der Waals surface area contributed by atoms with Crippen LogP contribution in [-0.2, 0) is 64.4 Å². The summed E-state index contributed by atoms with van der Waals surface area (Å²) in [5, 5.41) is 99.1. The van der Waals surface area contributed by atoms with Gasteiger partial charge in [0.2, 0.25) is 17.7 Å². The van der Waals surface area contributed by atoms with Crippen LogP contribution in [0, 0.1) is 5.92 Å². The molecule has 2 aliphatic rings. The molecule has 6 aromatic rings. The largest absolute Gasteiger partial charge is 0.469 e. The number of carbonyl (C=O) groups is 8. The second kappa shape index (κ2) is 48.5. The molecule has 2 aliphatic heterocycles. The second-order valence-corrected chi connectivity index (χ2v) is 31.8. The number of Topliss-reactive ketones (excluding diaryl/α,β-unsaturated/α-hetero) is 1. The molecule has 2 aromatic heterocycles. The second-order valence-electron chi connectivity index (χ2n) is 31.8. The SMILES string of the molecule is CCCC(N)C(=O)C[C@@H](CCC)[C@H](O)NC(CC[C@H](O)NC(CCC)C(=O)N[C@@H](CCC)[C@H](O)NCCCN1Cc2cc(C(=O)N(C)Cc3nc4ccccc4[nH]3)ccc2N[C@@H](CC(=O)OC)[C@@H]1O)C(=O)N[C@@H](CCC)[C@H](O)NC(CCC)C(=O)NCCCN1Cc2cc(C(=O)N(C)Cc3nc4ccccc4[nH]3)ccc2N[C@@H](CC(=O)OC)[C@H]1O. The van der Waals surface area contributed by atoms with Gasteiger partial charge in [-0.15, -0.1) is 0 Å². The van der Waals surface area contributed by atoms with Crippen LogP contribution >= 0.6 is 0 Å². The zero-order chi connectivity index (χ0) is 87.1. The van der Waals surface area contributed by atoms with Gasteiger partial charge in [0, 0.05) is 81.7 Å². The minimum absolute atomic E-state index is 0.0756. The minimum atomic E-state index is -1.49. The summed E-state index contributed by atoms with van der Waals surface area (Å²) in [6.45, 7) is 13.0. The van der Waals surface area contributed by atoms with Crippen molar-refractivity contribution in [1.82, 2.24) is 76.8 Å². The van der Waals surface area contributed by atoms with Crippen LogP contribution < -0.4 is 53.6 Å². The molecule has 120 heavy (non-hydrogen) atoms.